The van der Waals surface area contributed by atoms with Crippen molar-refractivity contribution in [3.05, 3.63) is 27.9 Å². The third-order valence-electron chi connectivity index (χ3n) is 2.41. The monoisotopic (exact) mass is 279 g/mol. The number of hydrogen-bond donors (Lipinski definition) is 1. The minimum absolute atomic E-state index is 0.200. The molecule has 0 bridgehead atoms. The maximum absolute atomic E-state index is 10.6. The first-order chi connectivity index (χ1) is 9.54. The van der Waals surface area contributed by atoms with Crippen LogP contribution in [0.15, 0.2) is 12.1 Å². The van der Waals surface area contributed by atoms with E-state index >= 15 is 0 Å². The lowest BCUT2D eigenvalue weighted by Crippen LogP contribution is -2.20. The Morgan fingerprint density at radius 1 is 1.50 bits per heavy atom. The number of nitrogens with one attached hydrogen (secondary N) is 1. The summed E-state index contributed by atoms with van der Waals surface area (Å²) in [5.41, 5.74) is -0.492. The van der Waals surface area contributed by atoms with Gasteiger partial charge in [-0.25, -0.2) is 4.98 Å². The Kier molecular flexibility index (Phi) is 6.36. The van der Waals surface area contributed by atoms with Crippen LogP contribution < -0.4 is 5.32 Å². The molecule has 0 unspecified atom stereocenters. The van der Waals surface area contributed by atoms with E-state index in [1.54, 1.807) is 6.07 Å². The second kappa shape index (κ2) is 8.04. The first-order valence-corrected chi connectivity index (χ1v) is 6.06. The molecule has 1 rings (SSSR count). The smallest absolute Gasteiger partial charge is 0.305 e. The highest BCUT2D eigenvalue weighted by Gasteiger charge is 2.15. The van der Waals surface area contributed by atoms with Crippen LogP contribution in [0.25, 0.3) is 0 Å². The molecule has 0 spiro atoms. The lowest BCUT2D eigenvalue weighted by Gasteiger charge is -2.10. The fourth-order valence-electron chi connectivity index (χ4n) is 1.38. The molecule has 0 aromatic carbocycles. The van der Waals surface area contributed by atoms with E-state index in [1.807, 2.05) is 19.0 Å². The third-order valence-corrected chi connectivity index (χ3v) is 2.41. The van der Waals surface area contributed by atoms with Gasteiger partial charge in [0.2, 0.25) is 5.69 Å². The molecular weight excluding hydrogens is 262 g/mol. The molecule has 0 saturated heterocycles. The van der Waals surface area contributed by atoms with Gasteiger partial charge in [0.1, 0.15) is 11.9 Å². The highest BCUT2D eigenvalue weighted by Crippen LogP contribution is 2.17. The van der Waals surface area contributed by atoms with E-state index in [0.29, 0.717) is 25.6 Å². The zero-order valence-electron chi connectivity index (χ0n) is 11.5. The van der Waals surface area contributed by atoms with Crippen molar-refractivity contribution in [1.29, 1.82) is 5.26 Å². The lowest BCUT2D eigenvalue weighted by molar-refractivity contribution is -0.385. The number of nitro groups is 1. The van der Waals surface area contributed by atoms with Crippen LogP contribution in [0.5, 0.6) is 0 Å². The van der Waals surface area contributed by atoms with Crippen LogP contribution in [0.1, 0.15) is 5.69 Å². The van der Waals surface area contributed by atoms with Gasteiger partial charge < -0.3 is 15.0 Å². The number of pyridine rings is 1. The van der Waals surface area contributed by atoms with Gasteiger partial charge in [0.25, 0.3) is 0 Å². The van der Waals surface area contributed by atoms with Crippen molar-refractivity contribution in [3.8, 4) is 6.07 Å². The van der Waals surface area contributed by atoms with Crippen molar-refractivity contribution in [2.24, 2.45) is 0 Å². The summed E-state index contributed by atoms with van der Waals surface area (Å²) in [6, 6.07) is 4.45. The molecule has 0 radical (unpaired) electrons. The lowest BCUT2D eigenvalue weighted by atomic mass is 10.3. The van der Waals surface area contributed by atoms with Crippen molar-refractivity contribution < 1.29 is 9.66 Å². The normalized spacial score (nSPS) is 10.3. The summed E-state index contributed by atoms with van der Waals surface area (Å²) in [6.45, 7) is 2.48. The zero-order valence-corrected chi connectivity index (χ0v) is 11.5. The van der Waals surface area contributed by atoms with Crippen LogP contribution in [0.4, 0.5) is 11.5 Å². The summed E-state index contributed by atoms with van der Waals surface area (Å²) in [5.74, 6) is 0.420. The molecular formula is C12H17N5O3. The van der Waals surface area contributed by atoms with E-state index in [9.17, 15) is 10.1 Å². The van der Waals surface area contributed by atoms with Crippen LogP contribution in [-0.4, -0.2) is 55.2 Å². The second-order valence-electron chi connectivity index (χ2n) is 4.28. The average molecular weight is 279 g/mol. The number of rotatable bonds is 8. The summed E-state index contributed by atoms with van der Waals surface area (Å²) < 4.78 is 5.38. The molecule has 1 N–H and O–H groups in total. The number of nitriles is 1. The highest BCUT2D eigenvalue weighted by atomic mass is 16.6. The third kappa shape index (κ3) is 5.17. The Hall–Kier alpha value is -2.24. The Labute approximate surface area is 117 Å². The van der Waals surface area contributed by atoms with Crippen LogP contribution >= 0.6 is 0 Å². The van der Waals surface area contributed by atoms with Crippen molar-refractivity contribution in [2.75, 3.05) is 45.7 Å². The molecule has 8 heteroatoms. The minimum atomic E-state index is -0.625. The van der Waals surface area contributed by atoms with Crippen LogP contribution in [0, 0.1) is 21.4 Å². The molecule has 1 heterocycles. The predicted molar refractivity (Wildman–Crippen MR) is 73.5 cm³/mol. The van der Waals surface area contributed by atoms with E-state index in [4.69, 9.17) is 10.00 Å². The Balaban J connectivity index is 2.42. The molecule has 0 atom stereocenters. The van der Waals surface area contributed by atoms with Gasteiger partial charge in [-0.05, 0) is 20.2 Å². The first kappa shape index (κ1) is 15.8. The van der Waals surface area contributed by atoms with Gasteiger partial charge >= 0.3 is 5.69 Å². The van der Waals surface area contributed by atoms with Crippen LogP contribution in [0.3, 0.4) is 0 Å². The van der Waals surface area contributed by atoms with E-state index in [-0.39, 0.29) is 11.4 Å². The number of likely N-dealkylation sites (N-methyl/N-ethyl adjacent to an activating group) is 1. The molecule has 1 aromatic heterocycles. The summed E-state index contributed by atoms with van der Waals surface area (Å²) in [5, 5.41) is 22.4. The number of aromatic nitrogens is 1. The molecule has 0 aliphatic heterocycles. The number of ether oxygens (including phenoxy) is 1. The quantitative estimate of drug-likeness (QED) is 0.427. The van der Waals surface area contributed by atoms with E-state index in [2.05, 4.69) is 10.3 Å². The van der Waals surface area contributed by atoms with Gasteiger partial charge in [-0.1, -0.05) is 0 Å². The summed E-state index contributed by atoms with van der Waals surface area (Å²) >= 11 is 0. The molecule has 0 fully saturated rings. The van der Waals surface area contributed by atoms with Crippen LogP contribution in [0.2, 0.25) is 0 Å². The van der Waals surface area contributed by atoms with E-state index < -0.39 is 4.92 Å². The van der Waals surface area contributed by atoms with Crippen molar-refractivity contribution >= 4 is 11.5 Å². The van der Waals surface area contributed by atoms with Crippen LogP contribution in [-0.2, 0) is 4.74 Å². The SMILES string of the molecule is CN(C)CCOCCNc1ccc([N+](=O)[O-])c(C#N)n1. The Morgan fingerprint density at radius 2 is 2.25 bits per heavy atom. The Bertz CT molecular complexity index is 498. The van der Waals surface area contributed by atoms with Crippen molar-refractivity contribution in [1.82, 2.24) is 9.88 Å². The fraction of sp³-hybridized carbons (Fsp3) is 0.500. The minimum Gasteiger partial charge on any atom is -0.378 e. The first-order valence-electron chi connectivity index (χ1n) is 6.06. The van der Waals surface area contributed by atoms with E-state index in [1.165, 1.54) is 12.1 Å². The van der Waals surface area contributed by atoms with Gasteiger partial charge in [-0.3, -0.25) is 10.1 Å². The standard InChI is InChI=1S/C12H17N5O3/c1-16(2)6-8-20-7-5-14-12-4-3-11(17(18)19)10(9-13)15-12/h3-4H,5-8H2,1-2H3,(H,14,15). The van der Waals surface area contributed by atoms with E-state index in [0.717, 1.165) is 6.54 Å². The van der Waals surface area contributed by atoms with Gasteiger partial charge in [-0.2, -0.15) is 5.26 Å². The summed E-state index contributed by atoms with van der Waals surface area (Å²) in [4.78, 5) is 15.9. The molecule has 8 nitrogen and oxygen atoms in total. The van der Waals surface area contributed by atoms with Crippen molar-refractivity contribution in [3.63, 3.8) is 0 Å². The molecule has 108 valence electrons. The predicted octanol–water partition coefficient (Wildman–Crippen LogP) is 0.852. The maximum atomic E-state index is 10.6. The number of anilines is 1. The molecule has 0 aliphatic rings. The molecule has 20 heavy (non-hydrogen) atoms. The molecule has 0 aliphatic carbocycles. The zero-order chi connectivity index (χ0) is 15.0. The topological polar surface area (TPSA) is 104 Å². The Morgan fingerprint density at radius 3 is 2.85 bits per heavy atom. The average Bonchev–Trinajstić information content (AvgIpc) is 2.41. The maximum Gasteiger partial charge on any atom is 0.305 e. The summed E-state index contributed by atoms with van der Waals surface area (Å²) in [6.07, 6.45) is 0. The van der Waals surface area contributed by atoms with Gasteiger partial charge in [0.15, 0.2) is 0 Å². The highest BCUT2D eigenvalue weighted by molar-refractivity contribution is 5.50. The van der Waals surface area contributed by atoms with Gasteiger partial charge in [-0.15, -0.1) is 0 Å². The second-order valence-corrected chi connectivity index (χ2v) is 4.28. The fourth-order valence-corrected chi connectivity index (χ4v) is 1.38. The summed E-state index contributed by atoms with van der Waals surface area (Å²) in [7, 11) is 3.93. The molecule has 1 aromatic rings. The largest absolute Gasteiger partial charge is 0.378 e. The van der Waals surface area contributed by atoms with Gasteiger partial charge in [0.05, 0.1) is 18.1 Å². The number of nitrogens with zero attached hydrogens (tertiary/aromatic N) is 4. The molecule has 0 amide bonds. The van der Waals surface area contributed by atoms with Gasteiger partial charge in [0, 0.05) is 19.2 Å². The molecule has 0 saturated carbocycles. The number of hydrogen-bond acceptors (Lipinski definition) is 7. The van der Waals surface area contributed by atoms with Crippen molar-refractivity contribution in [2.45, 2.75) is 0 Å².